The van der Waals surface area contributed by atoms with Crippen molar-refractivity contribution >= 4 is 44.3 Å². The maximum absolute atomic E-state index is 12.7. The minimum atomic E-state index is -3.11. The normalized spacial score (nSPS) is 24.5. The van der Waals surface area contributed by atoms with Crippen LogP contribution in [-0.4, -0.2) is 54.0 Å². The van der Waals surface area contributed by atoms with E-state index in [0.29, 0.717) is 33.8 Å². The fraction of sp³-hybridized carbons (Fsp3) is 0.333. The quantitative estimate of drug-likeness (QED) is 0.667. The highest BCUT2D eigenvalue weighted by molar-refractivity contribution is 8.15. The number of aliphatic imine (C=N–C) groups is 1. The summed E-state index contributed by atoms with van der Waals surface area (Å²) in [5.74, 6) is 1.19. The van der Waals surface area contributed by atoms with Crippen LogP contribution in [0.15, 0.2) is 47.5 Å². The van der Waals surface area contributed by atoms with E-state index in [9.17, 15) is 13.2 Å². The second-order valence-electron chi connectivity index (χ2n) is 7.67. The van der Waals surface area contributed by atoms with Crippen molar-refractivity contribution in [3.63, 3.8) is 0 Å². The molecule has 162 valence electrons. The zero-order valence-corrected chi connectivity index (χ0v) is 18.8. The van der Waals surface area contributed by atoms with Crippen LogP contribution in [0, 0.1) is 0 Å². The van der Waals surface area contributed by atoms with Gasteiger partial charge in [0.25, 0.3) is 5.91 Å². The van der Waals surface area contributed by atoms with Gasteiger partial charge in [0.15, 0.2) is 26.5 Å². The Hall–Kier alpha value is -2.23. The number of thioether (sulfide) groups is 1. The fourth-order valence-corrected chi connectivity index (χ4v) is 8.18. The van der Waals surface area contributed by atoms with Gasteiger partial charge in [-0.15, -0.1) is 0 Å². The van der Waals surface area contributed by atoms with Crippen LogP contribution in [0.25, 0.3) is 0 Å². The lowest BCUT2D eigenvalue weighted by atomic mass is 10.1. The van der Waals surface area contributed by atoms with Crippen LogP contribution in [0.2, 0.25) is 5.02 Å². The molecule has 10 heteroatoms. The van der Waals surface area contributed by atoms with Gasteiger partial charge in [0, 0.05) is 16.8 Å². The summed E-state index contributed by atoms with van der Waals surface area (Å²) >= 11 is 7.54. The van der Waals surface area contributed by atoms with Gasteiger partial charge in [0.1, 0.15) is 0 Å². The molecule has 1 amide bonds. The first kappa shape index (κ1) is 20.7. The number of carbonyl (C=O) groups excluding carboxylic acids is 1. The Bertz CT molecular complexity index is 1180. The Balaban J connectivity index is 1.41. The Morgan fingerprint density at radius 3 is 2.81 bits per heavy atom. The van der Waals surface area contributed by atoms with Crippen molar-refractivity contribution in [2.45, 2.75) is 24.3 Å². The number of benzene rings is 2. The van der Waals surface area contributed by atoms with Gasteiger partial charge in [-0.25, -0.2) is 8.42 Å². The molecule has 0 unspecified atom stereocenters. The van der Waals surface area contributed by atoms with Gasteiger partial charge < -0.3 is 14.4 Å². The number of amidine groups is 1. The first-order valence-electron chi connectivity index (χ1n) is 9.75. The number of hydrogen-bond acceptors (Lipinski definition) is 6. The number of sulfone groups is 1. The Labute approximate surface area is 189 Å². The second kappa shape index (κ2) is 8.03. The largest absolute Gasteiger partial charge is 0.454 e. The van der Waals surface area contributed by atoms with Crippen LogP contribution in [0.3, 0.4) is 0 Å². The molecule has 0 radical (unpaired) electrons. The number of carbonyl (C=O) groups is 1. The van der Waals surface area contributed by atoms with Crippen molar-refractivity contribution in [3.8, 4) is 11.5 Å². The van der Waals surface area contributed by atoms with Crippen molar-refractivity contribution < 1.29 is 22.7 Å². The Kier molecular flexibility index (Phi) is 5.35. The zero-order valence-electron chi connectivity index (χ0n) is 16.4. The molecule has 2 aromatic carbocycles. The van der Waals surface area contributed by atoms with Crippen LogP contribution in [-0.2, 0) is 27.6 Å². The lowest BCUT2D eigenvalue weighted by Crippen LogP contribution is -2.37. The Morgan fingerprint density at radius 2 is 1.97 bits per heavy atom. The van der Waals surface area contributed by atoms with E-state index in [1.54, 1.807) is 12.1 Å². The molecular formula is C21H19ClN2O5S2. The summed E-state index contributed by atoms with van der Waals surface area (Å²) < 4.78 is 35.2. The third-order valence-electron chi connectivity index (χ3n) is 5.48. The highest BCUT2D eigenvalue weighted by Crippen LogP contribution is 2.40. The van der Waals surface area contributed by atoms with E-state index >= 15 is 0 Å². The summed E-state index contributed by atoms with van der Waals surface area (Å²) in [6.07, 6.45) is 0.0925. The topological polar surface area (TPSA) is 85.3 Å². The molecule has 0 aromatic heterocycles. The number of amides is 1. The number of halogens is 1. The molecule has 2 atom stereocenters. The summed E-state index contributed by atoms with van der Waals surface area (Å²) in [6.45, 7) is 0.614. The van der Waals surface area contributed by atoms with Crippen molar-refractivity contribution in [1.82, 2.24) is 4.90 Å². The molecule has 2 aromatic rings. The van der Waals surface area contributed by atoms with E-state index in [1.807, 2.05) is 35.2 Å². The molecule has 2 fully saturated rings. The molecule has 31 heavy (non-hydrogen) atoms. The predicted molar refractivity (Wildman–Crippen MR) is 120 cm³/mol. The first-order valence-corrected chi connectivity index (χ1v) is 12.8. The average Bonchev–Trinajstić information content (AvgIpc) is 3.37. The minimum absolute atomic E-state index is 0.0624. The third kappa shape index (κ3) is 4.26. The lowest BCUT2D eigenvalue weighted by molar-refractivity contribution is -0.117. The highest BCUT2D eigenvalue weighted by Gasteiger charge is 2.48. The van der Waals surface area contributed by atoms with E-state index in [1.165, 1.54) is 11.8 Å². The van der Waals surface area contributed by atoms with Crippen molar-refractivity contribution in [3.05, 3.63) is 58.6 Å². The molecular weight excluding hydrogens is 460 g/mol. The monoisotopic (exact) mass is 478 g/mol. The predicted octanol–water partition coefficient (Wildman–Crippen LogP) is 2.91. The van der Waals surface area contributed by atoms with Crippen LogP contribution < -0.4 is 9.47 Å². The number of rotatable bonds is 4. The molecule has 7 nitrogen and oxygen atoms in total. The van der Waals surface area contributed by atoms with Crippen molar-refractivity contribution in [2.24, 2.45) is 4.99 Å². The van der Waals surface area contributed by atoms with E-state index in [0.717, 1.165) is 5.56 Å². The van der Waals surface area contributed by atoms with Crippen molar-refractivity contribution in [2.75, 3.05) is 18.3 Å². The summed E-state index contributed by atoms with van der Waals surface area (Å²) in [5.41, 5.74) is 1.65. The highest BCUT2D eigenvalue weighted by atomic mass is 35.5. The summed E-state index contributed by atoms with van der Waals surface area (Å²) in [5, 5.41) is 0.945. The van der Waals surface area contributed by atoms with E-state index in [-0.39, 0.29) is 41.9 Å². The van der Waals surface area contributed by atoms with E-state index in [2.05, 4.69) is 4.99 Å². The lowest BCUT2D eigenvalue weighted by Gasteiger charge is -2.24. The van der Waals surface area contributed by atoms with Crippen LogP contribution in [0.4, 0.5) is 0 Å². The summed E-state index contributed by atoms with van der Waals surface area (Å²) in [4.78, 5) is 19.0. The second-order valence-corrected chi connectivity index (χ2v) is 11.4. The number of fused-ring (bicyclic) bond motifs is 2. The van der Waals surface area contributed by atoms with E-state index in [4.69, 9.17) is 21.1 Å². The fourth-order valence-electron chi connectivity index (χ4n) is 4.01. The molecule has 3 aliphatic heterocycles. The van der Waals surface area contributed by atoms with Gasteiger partial charge in [0.05, 0.1) is 24.0 Å². The van der Waals surface area contributed by atoms with Crippen molar-refractivity contribution in [1.29, 1.82) is 0 Å². The average molecular weight is 479 g/mol. The first-order chi connectivity index (χ1) is 14.9. The molecule has 0 spiro atoms. The molecule has 3 heterocycles. The molecule has 2 saturated heterocycles. The SMILES string of the molecule is O=C(Cc1ccccc1Cl)N=C1S[C@@H]2CS(=O)(=O)C[C@H]2N1Cc1ccc2c(c1)OCO2. The third-order valence-corrected chi connectivity index (χ3v) is 9.10. The smallest absolute Gasteiger partial charge is 0.252 e. The van der Waals surface area contributed by atoms with Gasteiger partial charge in [-0.2, -0.15) is 4.99 Å². The maximum atomic E-state index is 12.7. The van der Waals surface area contributed by atoms with E-state index < -0.39 is 9.84 Å². The molecule has 0 bridgehead atoms. The zero-order chi connectivity index (χ0) is 21.6. The maximum Gasteiger partial charge on any atom is 0.252 e. The van der Waals surface area contributed by atoms with Crippen LogP contribution in [0.1, 0.15) is 11.1 Å². The molecule has 0 N–H and O–H groups in total. The van der Waals surface area contributed by atoms with Gasteiger partial charge >= 0.3 is 0 Å². The molecule has 0 saturated carbocycles. The number of nitrogens with zero attached hydrogens (tertiary/aromatic N) is 2. The molecule has 0 aliphatic carbocycles. The standard InChI is InChI=1S/C21H19ClN2O5S2/c22-15-4-2-1-3-14(15)8-20(25)23-21-24(16-10-31(26,27)11-19(16)30-21)9-13-5-6-17-18(7-13)29-12-28-17/h1-7,16,19H,8-12H2/t16-,19-/m1/s1. The minimum Gasteiger partial charge on any atom is -0.454 e. The summed E-state index contributed by atoms with van der Waals surface area (Å²) in [6, 6.07) is 12.6. The van der Waals surface area contributed by atoms with Gasteiger partial charge in [-0.05, 0) is 29.3 Å². The number of ether oxygens (including phenoxy) is 2. The van der Waals surface area contributed by atoms with Crippen LogP contribution in [0.5, 0.6) is 11.5 Å². The molecule has 5 rings (SSSR count). The molecule has 3 aliphatic rings. The Morgan fingerprint density at radius 1 is 1.16 bits per heavy atom. The van der Waals surface area contributed by atoms with Gasteiger partial charge in [-0.1, -0.05) is 47.6 Å². The van der Waals surface area contributed by atoms with Gasteiger partial charge in [0.2, 0.25) is 6.79 Å². The number of hydrogen-bond donors (Lipinski definition) is 0. The van der Waals surface area contributed by atoms with Gasteiger partial charge in [-0.3, -0.25) is 4.79 Å². The summed E-state index contributed by atoms with van der Waals surface area (Å²) in [7, 11) is -3.11. The van der Waals surface area contributed by atoms with Crippen LogP contribution >= 0.6 is 23.4 Å².